The van der Waals surface area contributed by atoms with Gasteiger partial charge >= 0.3 is 6.03 Å². The Bertz CT molecular complexity index is 309. The zero-order valence-corrected chi connectivity index (χ0v) is 10.8. The number of carbonyl (C=O) groups is 1. The second-order valence-electron chi connectivity index (χ2n) is 5.79. The molecule has 1 N–H and O–H groups in total. The Morgan fingerprint density at radius 3 is 2.72 bits per heavy atom. The molecule has 3 fully saturated rings. The number of carbonyl (C=O) groups excluding carboxylic acids is 1. The summed E-state index contributed by atoms with van der Waals surface area (Å²) in [6, 6.07) is 0.303. The number of hydrogen-bond acceptors (Lipinski definition) is 3. The van der Waals surface area contributed by atoms with E-state index in [1.54, 1.807) is 0 Å². The van der Waals surface area contributed by atoms with Gasteiger partial charge in [-0.2, -0.15) is 0 Å². The summed E-state index contributed by atoms with van der Waals surface area (Å²) in [5.74, 6) is 0. The van der Waals surface area contributed by atoms with Crippen LogP contribution in [-0.4, -0.2) is 56.5 Å². The zero-order chi connectivity index (χ0) is 12.4. The Morgan fingerprint density at radius 2 is 2.00 bits per heavy atom. The van der Waals surface area contributed by atoms with Crippen molar-refractivity contribution >= 4 is 6.03 Å². The summed E-state index contributed by atoms with van der Waals surface area (Å²) in [6.45, 7) is 4.93. The maximum atomic E-state index is 12.2. The number of likely N-dealkylation sites (tertiary alicyclic amines) is 1. The monoisotopic (exact) mass is 254 g/mol. The third-order valence-electron chi connectivity index (χ3n) is 4.54. The van der Waals surface area contributed by atoms with Crippen molar-refractivity contribution in [2.24, 2.45) is 5.41 Å². The lowest BCUT2D eigenvalue weighted by atomic mass is 9.80. The van der Waals surface area contributed by atoms with Crippen LogP contribution in [0.2, 0.25) is 0 Å². The van der Waals surface area contributed by atoms with Gasteiger partial charge in [-0.15, -0.1) is 0 Å². The minimum absolute atomic E-state index is 0.0915. The normalized spacial score (nSPS) is 30.9. The highest BCUT2D eigenvalue weighted by Crippen LogP contribution is 2.39. The average Bonchev–Trinajstić information content (AvgIpc) is 3.01. The lowest BCUT2D eigenvalue weighted by Gasteiger charge is -2.33. The van der Waals surface area contributed by atoms with Crippen LogP contribution in [0.4, 0.5) is 4.79 Å². The van der Waals surface area contributed by atoms with Gasteiger partial charge in [-0.25, -0.2) is 4.79 Å². The fourth-order valence-electron chi connectivity index (χ4n) is 3.24. The van der Waals surface area contributed by atoms with Gasteiger partial charge < -0.3 is 19.7 Å². The molecule has 2 amide bonds. The maximum absolute atomic E-state index is 12.2. The molecule has 1 atom stereocenters. The summed E-state index contributed by atoms with van der Waals surface area (Å²) in [5, 5.41) is 3.07. The molecule has 102 valence electrons. The Kier molecular flexibility index (Phi) is 3.43. The molecule has 0 saturated carbocycles. The summed E-state index contributed by atoms with van der Waals surface area (Å²) in [4.78, 5) is 14.1. The topological polar surface area (TPSA) is 50.8 Å². The molecule has 3 aliphatic rings. The van der Waals surface area contributed by atoms with E-state index in [1.165, 1.54) is 0 Å². The molecule has 3 heterocycles. The number of nitrogens with zero attached hydrogens (tertiary/aromatic N) is 1. The summed E-state index contributed by atoms with van der Waals surface area (Å²) in [5.41, 5.74) is 0.335. The molecule has 0 aromatic heterocycles. The lowest BCUT2D eigenvalue weighted by molar-refractivity contribution is 0.0208. The lowest BCUT2D eigenvalue weighted by Crippen LogP contribution is -2.45. The van der Waals surface area contributed by atoms with Crippen LogP contribution in [0.3, 0.4) is 0 Å². The smallest absolute Gasteiger partial charge is 0.317 e. The molecule has 1 unspecified atom stereocenters. The van der Waals surface area contributed by atoms with Crippen LogP contribution in [0.1, 0.15) is 25.7 Å². The van der Waals surface area contributed by atoms with E-state index >= 15 is 0 Å². The molecule has 1 spiro atoms. The van der Waals surface area contributed by atoms with Crippen LogP contribution in [0, 0.1) is 5.41 Å². The average molecular weight is 254 g/mol. The molecule has 0 aromatic carbocycles. The first-order chi connectivity index (χ1) is 8.77. The molecule has 0 aromatic rings. The van der Waals surface area contributed by atoms with Gasteiger partial charge in [-0.05, 0) is 31.1 Å². The highest BCUT2D eigenvalue weighted by molar-refractivity contribution is 5.75. The van der Waals surface area contributed by atoms with Gasteiger partial charge in [0.1, 0.15) is 0 Å². The fourth-order valence-corrected chi connectivity index (χ4v) is 3.24. The van der Waals surface area contributed by atoms with Crippen molar-refractivity contribution in [1.82, 2.24) is 10.2 Å². The minimum Gasteiger partial charge on any atom is -0.381 e. The molecular weight excluding hydrogens is 232 g/mol. The first-order valence-electron chi connectivity index (χ1n) is 6.98. The SMILES string of the molecule is O=C(NC1CCOC1)N1CCC2(CCOCC2)C1. The molecule has 5 nitrogen and oxygen atoms in total. The van der Waals surface area contributed by atoms with Crippen LogP contribution in [0.15, 0.2) is 0 Å². The van der Waals surface area contributed by atoms with E-state index in [-0.39, 0.29) is 12.1 Å². The summed E-state index contributed by atoms with van der Waals surface area (Å²) >= 11 is 0. The number of nitrogens with one attached hydrogen (secondary N) is 1. The van der Waals surface area contributed by atoms with Crippen LogP contribution in [0.25, 0.3) is 0 Å². The maximum Gasteiger partial charge on any atom is 0.317 e. The molecule has 18 heavy (non-hydrogen) atoms. The third-order valence-corrected chi connectivity index (χ3v) is 4.54. The summed E-state index contributed by atoms with van der Waals surface area (Å²) in [7, 11) is 0. The van der Waals surface area contributed by atoms with Gasteiger partial charge in [-0.1, -0.05) is 0 Å². The molecule has 3 aliphatic heterocycles. The number of hydrogen-bond donors (Lipinski definition) is 1. The minimum atomic E-state index is 0.0915. The molecule has 0 aliphatic carbocycles. The van der Waals surface area contributed by atoms with E-state index in [4.69, 9.17) is 9.47 Å². The zero-order valence-electron chi connectivity index (χ0n) is 10.8. The highest BCUT2D eigenvalue weighted by atomic mass is 16.5. The fraction of sp³-hybridized carbons (Fsp3) is 0.923. The molecular formula is C13H22N2O3. The Hall–Kier alpha value is -0.810. The van der Waals surface area contributed by atoms with E-state index in [1.807, 2.05) is 4.90 Å². The van der Waals surface area contributed by atoms with Crippen LogP contribution < -0.4 is 5.32 Å². The van der Waals surface area contributed by atoms with Crippen LogP contribution >= 0.6 is 0 Å². The van der Waals surface area contributed by atoms with Gasteiger partial charge in [0.25, 0.3) is 0 Å². The van der Waals surface area contributed by atoms with Crippen molar-refractivity contribution in [2.75, 3.05) is 39.5 Å². The van der Waals surface area contributed by atoms with Crippen molar-refractivity contribution in [3.63, 3.8) is 0 Å². The third kappa shape index (κ3) is 2.47. The predicted octanol–water partition coefficient (Wildman–Crippen LogP) is 0.987. The van der Waals surface area contributed by atoms with Crippen molar-refractivity contribution in [2.45, 2.75) is 31.7 Å². The number of rotatable bonds is 1. The van der Waals surface area contributed by atoms with E-state index in [9.17, 15) is 4.79 Å². The van der Waals surface area contributed by atoms with Gasteiger partial charge in [0.15, 0.2) is 0 Å². The van der Waals surface area contributed by atoms with Gasteiger partial charge in [0.2, 0.25) is 0 Å². The van der Waals surface area contributed by atoms with Crippen LogP contribution in [0.5, 0.6) is 0 Å². The van der Waals surface area contributed by atoms with Crippen LogP contribution in [-0.2, 0) is 9.47 Å². The van der Waals surface area contributed by atoms with E-state index in [2.05, 4.69) is 5.32 Å². The predicted molar refractivity (Wildman–Crippen MR) is 66.4 cm³/mol. The van der Waals surface area contributed by atoms with Crippen molar-refractivity contribution in [3.05, 3.63) is 0 Å². The molecule has 3 rings (SSSR count). The van der Waals surface area contributed by atoms with Gasteiger partial charge in [-0.3, -0.25) is 0 Å². The summed E-state index contributed by atoms with van der Waals surface area (Å²) < 4.78 is 10.7. The molecule has 0 bridgehead atoms. The van der Waals surface area contributed by atoms with E-state index in [0.29, 0.717) is 12.0 Å². The second kappa shape index (κ2) is 5.05. The quantitative estimate of drug-likeness (QED) is 0.759. The number of urea groups is 1. The first-order valence-corrected chi connectivity index (χ1v) is 6.98. The standard InChI is InChI=1S/C13H22N2O3/c16-12(14-11-1-6-18-9-11)15-5-2-13(10-15)3-7-17-8-4-13/h11H,1-10H2,(H,14,16). The molecule has 3 saturated heterocycles. The second-order valence-corrected chi connectivity index (χ2v) is 5.79. The van der Waals surface area contributed by atoms with Crippen molar-refractivity contribution in [1.29, 1.82) is 0 Å². The van der Waals surface area contributed by atoms with Gasteiger partial charge in [0, 0.05) is 32.9 Å². The first kappa shape index (κ1) is 12.2. The Labute approximate surface area is 108 Å². The van der Waals surface area contributed by atoms with Crippen molar-refractivity contribution < 1.29 is 14.3 Å². The molecule has 5 heteroatoms. The van der Waals surface area contributed by atoms with Crippen molar-refractivity contribution in [3.8, 4) is 0 Å². The summed E-state index contributed by atoms with van der Waals surface area (Å²) in [6.07, 6.45) is 4.27. The van der Waals surface area contributed by atoms with E-state index < -0.39 is 0 Å². The number of amides is 2. The van der Waals surface area contributed by atoms with Gasteiger partial charge in [0.05, 0.1) is 12.6 Å². The molecule has 0 radical (unpaired) electrons. The number of ether oxygens (including phenoxy) is 2. The Morgan fingerprint density at radius 1 is 1.17 bits per heavy atom. The van der Waals surface area contributed by atoms with E-state index in [0.717, 1.165) is 58.6 Å². The largest absolute Gasteiger partial charge is 0.381 e. The Balaban J connectivity index is 1.52. The highest BCUT2D eigenvalue weighted by Gasteiger charge is 2.41.